The van der Waals surface area contributed by atoms with Crippen molar-refractivity contribution in [2.45, 2.75) is 20.3 Å². The summed E-state index contributed by atoms with van der Waals surface area (Å²) >= 11 is 0. The highest BCUT2D eigenvalue weighted by molar-refractivity contribution is 5.92. The van der Waals surface area contributed by atoms with Gasteiger partial charge in [0.25, 0.3) is 0 Å². The number of nitrogens with one attached hydrogen (secondary N) is 2. The molecular weight excluding hydrogens is 398 g/mol. The lowest BCUT2D eigenvalue weighted by Gasteiger charge is -2.08. The molecule has 0 aliphatic carbocycles. The van der Waals surface area contributed by atoms with Crippen LogP contribution in [0, 0.1) is 29.1 Å². The van der Waals surface area contributed by atoms with E-state index in [0.29, 0.717) is 29.3 Å². The van der Waals surface area contributed by atoms with Gasteiger partial charge in [0.15, 0.2) is 0 Å². The number of hydrogen-bond donors (Lipinski definition) is 2. The summed E-state index contributed by atoms with van der Waals surface area (Å²) in [6.45, 7) is 4.02. The van der Waals surface area contributed by atoms with Crippen molar-refractivity contribution in [3.63, 3.8) is 0 Å². The van der Waals surface area contributed by atoms with Gasteiger partial charge in [-0.25, -0.2) is 0 Å². The zero-order valence-electron chi connectivity index (χ0n) is 17.8. The predicted octanol–water partition coefficient (Wildman–Crippen LogP) is 4.88. The highest BCUT2D eigenvalue weighted by atomic mass is 16.1. The highest BCUT2D eigenvalue weighted by Gasteiger charge is 2.09. The fourth-order valence-corrected chi connectivity index (χ4v) is 3.30. The van der Waals surface area contributed by atoms with Crippen LogP contribution < -0.4 is 5.32 Å². The van der Waals surface area contributed by atoms with Gasteiger partial charge >= 0.3 is 0 Å². The summed E-state index contributed by atoms with van der Waals surface area (Å²) in [5.74, 6) is 6.50. The van der Waals surface area contributed by atoms with Gasteiger partial charge in [-0.3, -0.25) is 14.9 Å². The van der Waals surface area contributed by atoms with Gasteiger partial charge in [0, 0.05) is 29.1 Å². The second kappa shape index (κ2) is 9.16. The number of pyridine rings is 1. The first-order valence-electron chi connectivity index (χ1n) is 10.3. The summed E-state index contributed by atoms with van der Waals surface area (Å²) in [5.41, 5.74) is 5.45. The van der Waals surface area contributed by atoms with Crippen LogP contribution in [0.25, 0.3) is 22.0 Å². The molecule has 0 radical (unpaired) electrons. The van der Waals surface area contributed by atoms with E-state index < -0.39 is 0 Å². The van der Waals surface area contributed by atoms with Gasteiger partial charge in [-0.15, -0.1) is 0 Å². The van der Waals surface area contributed by atoms with Crippen molar-refractivity contribution in [2.24, 2.45) is 5.92 Å². The Bertz CT molecular complexity index is 1380. The average molecular weight is 419 g/mol. The number of benzene rings is 2. The third-order valence-electron chi connectivity index (χ3n) is 4.85. The summed E-state index contributed by atoms with van der Waals surface area (Å²) in [7, 11) is 0. The Hall–Kier alpha value is -4.42. The summed E-state index contributed by atoms with van der Waals surface area (Å²) in [5, 5.41) is 20.1. The van der Waals surface area contributed by atoms with E-state index in [9.17, 15) is 4.79 Å². The van der Waals surface area contributed by atoms with E-state index in [1.807, 2.05) is 50.2 Å². The number of carbonyl (C=O) groups is 1. The Kier molecular flexibility index (Phi) is 5.96. The summed E-state index contributed by atoms with van der Waals surface area (Å²) < 4.78 is 0. The maximum absolute atomic E-state index is 12.1. The molecule has 1 amide bonds. The zero-order valence-corrected chi connectivity index (χ0v) is 17.8. The SMILES string of the molecule is CC(C)CC(=O)Nc1cncc(-c2ccc3n[nH]c(C#Cc4ccc(C#N)cc4)c3c2)c1. The van der Waals surface area contributed by atoms with Crippen LogP contribution in [-0.2, 0) is 4.79 Å². The monoisotopic (exact) mass is 419 g/mol. The Balaban J connectivity index is 1.62. The normalized spacial score (nSPS) is 10.4. The fourth-order valence-electron chi connectivity index (χ4n) is 3.30. The van der Waals surface area contributed by atoms with Gasteiger partial charge < -0.3 is 5.32 Å². The van der Waals surface area contributed by atoms with E-state index in [-0.39, 0.29) is 5.91 Å². The number of carbonyl (C=O) groups excluding carboxylic acids is 1. The van der Waals surface area contributed by atoms with Crippen molar-refractivity contribution in [1.82, 2.24) is 15.2 Å². The highest BCUT2D eigenvalue weighted by Crippen LogP contribution is 2.26. The number of amides is 1. The average Bonchev–Trinajstić information content (AvgIpc) is 3.20. The third kappa shape index (κ3) is 4.83. The molecular formula is C26H21N5O. The van der Waals surface area contributed by atoms with Crippen LogP contribution >= 0.6 is 0 Å². The predicted molar refractivity (Wildman–Crippen MR) is 125 cm³/mol. The van der Waals surface area contributed by atoms with Gasteiger partial charge in [-0.1, -0.05) is 25.8 Å². The molecule has 0 fully saturated rings. The summed E-state index contributed by atoms with van der Waals surface area (Å²) in [4.78, 5) is 16.4. The molecule has 2 heterocycles. The maximum atomic E-state index is 12.1. The van der Waals surface area contributed by atoms with E-state index >= 15 is 0 Å². The molecule has 2 aromatic heterocycles. The zero-order chi connectivity index (χ0) is 22.5. The van der Waals surface area contributed by atoms with E-state index in [1.54, 1.807) is 24.5 Å². The van der Waals surface area contributed by atoms with Crippen molar-refractivity contribution in [2.75, 3.05) is 5.32 Å². The van der Waals surface area contributed by atoms with Crippen molar-refractivity contribution >= 4 is 22.5 Å². The van der Waals surface area contributed by atoms with Gasteiger partial charge in [0.1, 0.15) is 5.69 Å². The van der Waals surface area contributed by atoms with E-state index in [2.05, 4.69) is 38.4 Å². The molecule has 6 heteroatoms. The number of nitriles is 1. The smallest absolute Gasteiger partial charge is 0.224 e. The Morgan fingerprint density at radius 3 is 2.56 bits per heavy atom. The molecule has 0 bridgehead atoms. The third-order valence-corrected chi connectivity index (χ3v) is 4.85. The topological polar surface area (TPSA) is 94.5 Å². The van der Waals surface area contributed by atoms with Gasteiger partial charge in [-0.05, 0) is 59.9 Å². The number of aromatic amines is 1. The molecule has 0 unspecified atom stereocenters. The number of anilines is 1. The van der Waals surface area contributed by atoms with Crippen molar-refractivity contribution < 1.29 is 4.79 Å². The van der Waals surface area contributed by atoms with E-state index in [1.165, 1.54) is 0 Å². The first-order chi connectivity index (χ1) is 15.5. The quantitative estimate of drug-likeness (QED) is 0.461. The minimum Gasteiger partial charge on any atom is -0.325 e. The van der Waals surface area contributed by atoms with Crippen molar-refractivity contribution in [1.29, 1.82) is 5.26 Å². The lowest BCUT2D eigenvalue weighted by Crippen LogP contribution is -2.13. The van der Waals surface area contributed by atoms with Crippen LogP contribution in [0.15, 0.2) is 60.9 Å². The Morgan fingerprint density at radius 2 is 1.81 bits per heavy atom. The number of hydrogen-bond acceptors (Lipinski definition) is 4. The van der Waals surface area contributed by atoms with Crippen molar-refractivity contribution in [3.05, 3.63) is 77.7 Å². The molecule has 156 valence electrons. The minimum absolute atomic E-state index is 0.0235. The van der Waals surface area contributed by atoms with Crippen LogP contribution in [0.5, 0.6) is 0 Å². The molecule has 0 atom stereocenters. The first-order valence-corrected chi connectivity index (χ1v) is 10.3. The molecule has 4 rings (SSSR count). The second-order valence-electron chi connectivity index (χ2n) is 7.88. The molecule has 0 saturated heterocycles. The number of H-pyrrole nitrogens is 1. The fraction of sp³-hybridized carbons (Fsp3) is 0.154. The largest absolute Gasteiger partial charge is 0.325 e. The maximum Gasteiger partial charge on any atom is 0.224 e. The lowest BCUT2D eigenvalue weighted by atomic mass is 10.0. The molecule has 0 aliphatic rings. The van der Waals surface area contributed by atoms with Crippen LogP contribution in [0.3, 0.4) is 0 Å². The van der Waals surface area contributed by atoms with Crippen molar-refractivity contribution in [3.8, 4) is 29.0 Å². The minimum atomic E-state index is -0.0235. The van der Waals surface area contributed by atoms with Crippen LogP contribution in [0.1, 0.15) is 37.1 Å². The first kappa shape index (κ1) is 20.8. The number of rotatable bonds is 4. The number of aromatic nitrogens is 3. The molecule has 4 aromatic rings. The molecule has 2 N–H and O–H groups in total. The molecule has 0 saturated carbocycles. The van der Waals surface area contributed by atoms with Crippen LogP contribution in [0.4, 0.5) is 5.69 Å². The Morgan fingerprint density at radius 1 is 1.03 bits per heavy atom. The van der Waals surface area contributed by atoms with Gasteiger partial charge in [-0.2, -0.15) is 10.4 Å². The van der Waals surface area contributed by atoms with Crippen LogP contribution in [0.2, 0.25) is 0 Å². The molecule has 0 aliphatic heterocycles. The number of nitrogens with zero attached hydrogens (tertiary/aromatic N) is 3. The van der Waals surface area contributed by atoms with Crippen LogP contribution in [-0.4, -0.2) is 21.1 Å². The second-order valence-corrected chi connectivity index (χ2v) is 7.88. The van der Waals surface area contributed by atoms with E-state index in [4.69, 9.17) is 5.26 Å². The molecule has 32 heavy (non-hydrogen) atoms. The summed E-state index contributed by atoms with van der Waals surface area (Å²) in [6, 6.07) is 17.0. The van der Waals surface area contributed by atoms with Gasteiger partial charge in [0.05, 0.1) is 29.0 Å². The standard InChI is InChI=1S/C26H21N5O/c1-17(2)11-26(32)29-22-12-21(15-28-16-22)20-8-10-25-23(13-20)24(30-31-25)9-7-18-3-5-19(14-27)6-4-18/h3-6,8,10,12-13,15-17H,11H2,1-2H3,(H,29,32)(H,30,31). The number of fused-ring (bicyclic) bond motifs is 1. The molecule has 2 aromatic carbocycles. The summed E-state index contributed by atoms with van der Waals surface area (Å²) in [6.07, 6.45) is 3.88. The van der Waals surface area contributed by atoms with E-state index in [0.717, 1.165) is 27.6 Å². The Labute approximate surface area is 186 Å². The van der Waals surface area contributed by atoms with Gasteiger partial charge in [0.2, 0.25) is 5.91 Å². The lowest BCUT2D eigenvalue weighted by molar-refractivity contribution is -0.116. The molecule has 0 spiro atoms. The molecule has 6 nitrogen and oxygen atoms in total.